The van der Waals surface area contributed by atoms with Crippen molar-refractivity contribution in [3.63, 3.8) is 0 Å². The lowest BCUT2D eigenvalue weighted by Crippen LogP contribution is -2.39. The quantitative estimate of drug-likeness (QED) is 0.440. The highest BCUT2D eigenvalue weighted by molar-refractivity contribution is 5.82. The van der Waals surface area contributed by atoms with Gasteiger partial charge in [-0.2, -0.15) is 0 Å². The summed E-state index contributed by atoms with van der Waals surface area (Å²) in [4.78, 5) is 18.1. The Kier molecular flexibility index (Phi) is 5.98. The molecule has 1 aliphatic heterocycles. The number of aromatic hydroxyl groups is 1. The molecule has 1 fully saturated rings. The van der Waals surface area contributed by atoms with Crippen LogP contribution in [0.5, 0.6) is 11.6 Å². The van der Waals surface area contributed by atoms with Gasteiger partial charge < -0.3 is 15.2 Å². The van der Waals surface area contributed by atoms with Gasteiger partial charge in [-0.1, -0.05) is 18.2 Å². The van der Waals surface area contributed by atoms with E-state index in [1.54, 1.807) is 6.20 Å². The summed E-state index contributed by atoms with van der Waals surface area (Å²) in [5, 5.41) is 15.0. The van der Waals surface area contributed by atoms with Gasteiger partial charge in [-0.3, -0.25) is 9.55 Å². The standard InChI is InChI=1S/C25H23F3N4O3/c26-25(27,28)35-18-9-7-17(8-10-18)32-22(33)15-31(24(32)34)23(16-4-3-12-29-14-16)20-11-13-30-21-6-2-1-5-19(20)21/h1-2,5-11,13,15-16,23,29,33H,3-4,12,14H2. The van der Waals surface area contributed by atoms with Crippen LogP contribution in [0, 0.1) is 5.92 Å². The first kappa shape index (κ1) is 23.0. The first-order chi connectivity index (χ1) is 16.8. The molecule has 0 spiro atoms. The van der Waals surface area contributed by atoms with Gasteiger partial charge in [0.15, 0.2) is 0 Å². The zero-order chi connectivity index (χ0) is 24.6. The highest BCUT2D eigenvalue weighted by Gasteiger charge is 2.32. The molecule has 2 atom stereocenters. The Morgan fingerprint density at radius 3 is 2.60 bits per heavy atom. The van der Waals surface area contributed by atoms with E-state index in [1.165, 1.54) is 22.9 Å². The minimum atomic E-state index is -4.82. The number of nitrogens with zero attached hydrogens (tertiary/aromatic N) is 3. The average molecular weight is 484 g/mol. The maximum absolute atomic E-state index is 13.6. The monoisotopic (exact) mass is 484 g/mol. The number of hydrogen-bond acceptors (Lipinski definition) is 5. The number of alkyl halides is 3. The Morgan fingerprint density at radius 1 is 1.11 bits per heavy atom. The first-order valence-electron chi connectivity index (χ1n) is 11.3. The predicted octanol–water partition coefficient (Wildman–Crippen LogP) is 4.38. The number of piperidine rings is 1. The third-order valence-corrected chi connectivity index (χ3v) is 6.31. The number of fused-ring (bicyclic) bond motifs is 1. The maximum atomic E-state index is 13.6. The van der Waals surface area contributed by atoms with Crippen molar-refractivity contribution >= 4 is 10.9 Å². The van der Waals surface area contributed by atoms with E-state index in [1.807, 2.05) is 30.3 Å². The maximum Gasteiger partial charge on any atom is 0.573 e. The minimum absolute atomic E-state index is 0.0741. The van der Waals surface area contributed by atoms with E-state index in [0.717, 1.165) is 52.6 Å². The van der Waals surface area contributed by atoms with E-state index in [-0.39, 0.29) is 23.5 Å². The Hall–Kier alpha value is -3.79. The third kappa shape index (κ3) is 4.61. The summed E-state index contributed by atoms with van der Waals surface area (Å²) in [5.74, 6) is -0.653. The Bertz CT molecular complexity index is 1380. The van der Waals surface area contributed by atoms with E-state index >= 15 is 0 Å². The Balaban J connectivity index is 1.61. The molecule has 2 aromatic heterocycles. The second-order valence-electron chi connectivity index (χ2n) is 8.52. The number of benzene rings is 2. The van der Waals surface area contributed by atoms with E-state index in [9.17, 15) is 23.1 Å². The summed E-state index contributed by atoms with van der Waals surface area (Å²) >= 11 is 0. The van der Waals surface area contributed by atoms with Crippen molar-refractivity contribution in [2.75, 3.05) is 13.1 Å². The number of ether oxygens (including phenoxy) is 1. The molecule has 10 heteroatoms. The minimum Gasteiger partial charge on any atom is -0.493 e. The van der Waals surface area contributed by atoms with Crippen molar-refractivity contribution in [1.82, 2.24) is 19.4 Å². The fraction of sp³-hybridized carbons (Fsp3) is 0.280. The zero-order valence-electron chi connectivity index (χ0n) is 18.6. The van der Waals surface area contributed by atoms with E-state index < -0.39 is 17.8 Å². The smallest absolute Gasteiger partial charge is 0.493 e. The molecule has 4 aromatic rings. The van der Waals surface area contributed by atoms with Crippen LogP contribution in [0.25, 0.3) is 16.6 Å². The summed E-state index contributed by atoms with van der Waals surface area (Å²) < 4.78 is 44.0. The topological polar surface area (TPSA) is 81.3 Å². The zero-order valence-corrected chi connectivity index (χ0v) is 18.6. The third-order valence-electron chi connectivity index (χ3n) is 6.31. The van der Waals surface area contributed by atoms with Crippen LogP contribution in [0.4, 0.5) is 13.2 Å². The molecule has 2 N–H and O–H groups in total. The number of pyridine rings is 1. The molecule has 2 aromatic carbocycles. The van der Waals surface area contributed by atoms with Crippen molar-refractivity contribution in [3.05, 3.63) is 83.0 Å². The molecule has 0 saturated carbocycles. The normalized spacial score (nSPS) is 17.4. The molecule has 0 aliphatic carbocycles. The lowest BCUT2D eigenvalue weighted by Gasteiger charge is -2.32. The van der Waals surface area contributed by atoms with Crippen molar-refractivity contribution in [2.45, 2.75) is 25.2 Å². The van der Waals surface area contributed by atoms with Crippen LogP contribution >= 0.6 is 0 Å². The van der Waals surface area contributed by atoms with E-state index in [0.29, 0.717) is 6.54 Å². The van der Waals surface area contributed by atoms with Crippen molar-refractivity contribution in [1.29, 1.82) is 0 Å². The SMILES string of the molecule is O=c1n(C(c2ccnc3ccccc23)C2CCCNC2)cc(O)n1-c1ccc(OC(F)(F)F)cc1. The van der Waals surface area contributed by atoms with Gasteiger partial charge in [-0.25, -0.2) is 9.36 Å². The number of aromatic nitrogens is 3. The van der Waals surface area contributed by atoms with Crippen molar-refractivity contribution in [2.24, 2.45) is 5.92 Å². The molecule has 0 amide bonds. The van der Waals surface area contributed by atoms with Crippen LogP contribution in [-0.4, -0.2) is 38.7 Å². The highest BCUT2D eigenvalue weighted by Crippen LogP contribution is 2.35. The lowest BCUT2D eigenvalue weighted by molar-refractivity contribution is -0.274. The summed E-state index contributed by atoms with van der Waals surface area (Å²) in [6, 6.07) is 14.0. The fourth-order valence-electron chi connectivity index (χ4n) is 4.84. The number of hydrogen-bond donors (Lipinski definition) is 2. The molecule has 1 saturated heterocycles. The van der Waals surface area contributed by atoms with Gasteiger partial charge in [0.2, 0.25) is 5.88 Å². The van der Waals surface area contributed by atoms with Crippen LogP contribution < -0.4 is 15.7 Å². The molecular formula is C25H23F3N4O3. The first-order valence-corrected chi connectivity index (χ1v) is 11.3. The molecular weight excluding hydrogens is 461 g/mol. The summed E-state index contributed by atoms with van der Waals surface area (Å²) in [7, 11) is 0. The number of rotatable bonds is 5. The molecule has 1 aliphatic rings. The van der Waals surface area contributed by atoms with Gasteiger partial charge in [0.25, 0.3) is 0 Å². The molecule has 2 unspecified atom stereocenters. The lowest BCUT2D eigenvalue weighted by atomic mass is 9.85. The molecule has 0 radical (unpaired) electrons. The highest BCUT2D eigenvalue weighted by atomic mass is 19.4. The van der Waals surface area contributed by atoms with Gasteiger partial charge in [-0.15, -0.1) is 13.2 Å². The van der Waals surface area contributed by atoms with Gasteiger partial charge >= 0.3 is 12.1 Å². The number of halogens is 3. The Labute approximate surface area is 198 Å². The van der Waals surface area contributed by atoms with Gasteiger partial charge in [0.05, 0.1) is 23.4 Å². The van der Waals surface area contributed by atoms with Crippen LogP contribution in [0.2, 0.25) is 0 Å². The molecule has 35 heavy (non-hydrogen) atoms. The van der Waals surface area contributed by atoms with Gasteiger partial charge in [0.1, 0.15) is 5.75 Å². The van der Waals surface area contributed by atoms with Crippen LogP contribution in [0.1, 0.15) is 24.4 Å². The van der Waals surface area contributed by atoms with Crippen molar-refractivity contribution in [3.8, 4) is 17.3 Å². The fourth-order valence-corrected chi connectivity index (χ4v) is 4.84. The number of imidazole rings is 1. The summed E-state index contributed by atoms with van der Waals surface area (Å²) in [6.45, 7) is 1.59. The van der Waals surface area contributed by atoms with E-state index in [4.69, 9.17) is 0 Å². The number of para-hydroxylation sites is 1. The van der Waals surface area contributed by atoms with Crippen LogP contribution in [0.3, 0.4) is 0 Å². The second kappa shape index (κ2) is 9.10. The second-order valence-corrected chi connectivity index (χ2v) is 8.52. The predicted molar refractivity (Wildman–Crippen MR) is 124 cm³/mol. The molecule has 7 nitrogen and oxygen atoms in total. The average Bonchev–Trinajstić information content (AvgIpc) is 3.13. The number of nitrogens with one attached hydrogen (secondary N) is 1. The molecule has 3 heterocycles. The summed E-state index contributed by atoms with van der Waals surface area (Å²) in [5.41, 5.74) is 1.44. The molecule has 5 rings (SSSR count). The van der Waals surface area contributed by atoms with Crippen LogP contribution in [0.15, 0.2) is 71.8 Å². The Morgan fingerprint density at radius 2 is 1.89 bits per heavy atom. The van der Waals surface area contributed by atoms with E-state index in [2.05, 4.69) is 15.0 Å². The van der Waals surface area contributed by atoms with Gasteiger partial charge in [0, 0.05) is 18.1 Å². The summed E-state index contributed by atoms with van der Waals surface area (Å²) in [6.07, 6.45) is 0.111. The van der Waals surface area contributed by atoms with Crippen LogP contribution in [-0.2, 0) is 0 Å². The largest absolute Gasteiger partial charge is 0.573 e. The van der Waals surface area contributed by atoms with Crippen molar-refractivity contribution < 1.29 is 23.0 Å². The molecule has 0 bridgehead atoms. The van der Waals surface area contributed by atoms with Gasteiger partial charge in [-0.05, 0) is 67.3 Å². The molecule has 182 valence electrons.